The lowest BCUT2D eigenvalue weighted by Crippen LogP contribution is -2.13. The lowest BCUT2D eigenvalue weighted by Gasteiger charge is -2.09. The van der Waals surface area contributed by atoms with Crippen LogP contribution < -0.4 is 4.72 Å². The van der Waals surface area contributed by atoms with Crippen LogP contribution in [-0.2, 0) is 10.0 Å². The number of benzene rings is 2. The molecule has 1 heterocycles. The number of hydrogen-bond donors (Lipinski definition) is 2. The molecule has 2 aromatic carbocycles. The van der Waals surface area contributed by atoms with Crippen molar-refractivity contribution in [2.45, 2.75) is 18.7 Å². The van der Waals surface area contributed by atoms with Crippen LogP contribution in [0.5, 0.6) is 0 Å². The summed E-state index contributed by atoms with van der Waals surface area (Å²) in [4.78, 5) is 18.8. The molecule has 0 atom stereocenters. The van der Waals surface area contributed by atoms with E-state index in [0.717, 1.165) is 5.82 Å². The summed E-state index contributed by atoms with van der Waals surface area (Å²) in [5.41, 5.74) is 2.16. The fourth-order valence-electron chi connectivity index (χ4n) is 2.30. The van der Waals surface area contributed by atoms with Crippen molar-refractivity contribution in [1.29, 1.82) is 0 Å². The van der Waals surface area contributed by atoms with Gasteiger partial charge in [0.25, 0.3) is 10.0 Å². The zero-order valence-corrected chi connectivity index (χ0v) is 13.4. The van der Waals surface area contributed by atoms with Gasteiger partial charge in [-0.25, -0.2) is 13.4 Å². The van der Waals surface area contributed by atoms with E-state index in [0.29, 0.717) is 22.3 Å². The van der Waals surface area contributed by atoms with Crippen molar-refractivity contribution in [3.05, 3.63) is 53.9 Å². The fraction of sp³-hybridized carbons (Fsp3) is 0.125. The minimum atomic E-state index is -3.75. The van der Waals surface area contributed by atoms with Gasteiger partial charge in [0, 0.05) is 11.3 Å². The highest BCUT2D eigenvalue weighted by molar-refractivity contribution is 7.92. The first-order valence-corrected chi connectivity index (χ1v) is 8.44. The van der Waals surface area contributed by atoms with E-state index in [1.807, 2.05) is 0 Å². The maximum Gasteiger partial charge on any atom is 0.261 e. The maximum absolute atomic E-state index is 12.5. The molecule has 118 valence electrons. The van der Waals surface area contributed by atoms with Crippen molar-refractivity contribution in [3.63, 3.8) is 0 Å². The standard InChI is InChI=1S/C16H15N3O3S/c1-10(20)12-4-3-5-13(8-12)19-23(21,22)14-6-7-15-16(9-14)18-11(2)17-15/h3-9,19H,1-2H3,(H,17,18). The minimum absolute atomic E-state index is 0.125. The molecule has 3 aromatic rings. The molecule has 0 aliphatic rings. The summed E-state index contributed by atoms with van der Waals surface area (Å²) >= 11 is 0. The molecule has 0 amide bonds. The van der Waals surface area contributed by atoms with Crippen molar-refractivity contribution < 1.29 is 13.2 Å². The lowest BCUT2D eigenvalue weighted by molar-refractivity contribution is 0.101. The summed E-state index contributed by atoms with van der Waals surface area (Å²) < 4.78 is 27.5. The summed E-state index contributed by atoms with van der Waals surface area (Å²) in [6.45, 7) is 3.24. The first kappa shape index (κ1) is 15.2. The van der Waals surface area contributed by atoms with Gasteiger partial charge in [0.05, 0.1) is 15.9 Å². The Bertz CT molecular complexity index is 1010. The maximum atomic E-state index is 12.5. The Labute approximate surface area is 133 Å². The summed E-state index contributed by atoms with van der Waals surface area (Å²) in [5, 5.41) is 0. The lowest BCUT2D eigenvalue weighted by atomic mass is 10.1. The predicted octanol–water partition coefficient (Wildman–Crippen LogP) is 2.87. The molecule has 1 aromatic heterocycles. The molecule has 0 aliphatic carbocycles. The highest BCUT2D eigenvalue weighted by Crippen LogP contribution is 2.21. The van der Waals surface area contributed by atoms with Gasteiger partial charge in [-0.1, -0.05) is 12.1 Å². The van der Waals surface area contributed by atoms with E-state index in [1.165, 1.54) is 25.1 Å². The molecule has 0 saturated heterocycles. The number of H-pyrrole nitrogens is 1. The number of aromatic amines is 1. The molecule has 6 nitrogen and oxygen atoms in total. The van der Waals surface area contributed by atoms with Gasteiger partial charge in [0.2, 0.25) is 0 Å². The third-order valence-corrected chi connectivity index (χ3v) is 4.78. The van der Waals surface area contributed by atoms with E-state index in [9.17, 15) is 13.2 Å². The van der Waals surface area contributed by atoms with E-state index in [-0.39, 0.29) is 10.7 Å². The number of aromatic nitrogens is 2. The van der Waals surface area contributed by atoms with Gasteiger partial charge in [-0.3, -0.25) is 9.52 Å². The van der Waals surface area contributed by atoms with Crippen LogP contribution in [0.1, 0.15) is 23.1 Å². The van der Waals surface area contributed by atoms with Crippen LogP contribution in [0.25, 0.3) is 11.0 Å². The smallest absolute Gasteiger partial charge is 0.261 e. The number of anilines is 1. The molecule has 3 rings (SSSR count). The van der Waals surface area contributed by atoms with Crippen molar-refractivity contribution in [2.75, 3.05) is 4.72 Å². The number of carbonyl (C=O) groups is 1. The molecule has 0 spiro atoms. The SMILES string of the molecule is CC(=O)c1cccc(NS(=O)(=O)c2ccc3nc(C)[nH]c3c2)c1. The van der Waals surface area contributed by atoms with Crippen molar-refractivity contribution in [1.82, 2.24) is 9.97 Å². The molecule has 2 N–H and O–H groups in total. The summed E-state index contributed by atoms with van der Waals surface area (Å²) in [5.74, 6) is 0.595. The van der Waals surface area contributed by atoms with Crippen LogP contribution in [-0.4, -0.2) is 24.2 Å². The zero-order valence-electron chi connectivity index (χ0n) is 12.6. The number of Topliss-reactive ketones (excluding diaryl/α,β-unsaturated/α-hetero) is 1. The van der Waals surface area contributed by atoms with E-state index < -0.39 is 10.0 Å². The number of nitrogens with one attached hydrogen (secondary N) is 2. The van der Waals surface area contributed by atoms with Crippen LogP contribution in [0, 0.1) is 6.92 Å². The van der Waals surface area contributed by atoms with E-state index in [1.54, 1.807) is 31.2 Å². The Balaban J connectivity index is 1.96. The molecule has 23 heavy (non-hydrogen) atoms. The Hall–Kier alpha value is -2.67. The topological polar surface area (TPSA) is 91.9 Å². The third kappa shape index (κ3) is 3.09. The molecule has 0 aliphatic heterocycles. The normalized spacial score (nSPS) is 11.6. The Morgan fingerprint density at radius 2 is 1.96 bits per heavy atom. The number of carbonyl (C=O) groups excluding carboxylic acids is 1. The third-order valence-electron chi connectivity index (χ3n) is 3.40. The fourth-order valence-corrected chi connectivity index (χ4v) is 3.37. The van der Waals surface area contributed by atoms with Gasteiger partial charge in [-0.2, -0.15) is 0 Å². The van der Waals surface area contributed by atoms with Crippen LogP contribution >= 0.6 is 0 Å². The first-order valence-electron chi connectivity index (χ1n) is 6.95. The van der Waals surface area contributed by atoms with Crippen LogP contribution in [0.2, 0.25) is 0 Å². The van der Waals surface area contributed by atoms with E-state index in [4.69, 9.17) is 0 Å². The zero-order chi connectivity index (χ0) is 16.6. The van der Waals surface area contributed by atoms with Gasteiger partial charge in [0.1, 0.15) is 5.82 Å². The quantitative estimate of drug-likeness (QED) is 0.720. The summed E-state index contributed by atoms with van der Waals surface area (Å²) in [6.07, 6.45) is 0. The monoisotopic (exact) mass is 329 g/mol. The molecular weight excluding hydrogens is 314 g/mol. The molecule has 7 heteroatoms. The van der Waals surface area contributed by atoms with E-state index >= 15 is 0 Å². The van der Waals surface area contributed by atoms with Gasteiger partial charge < -0.3 is 4.98 Å². The molecule has 0 unspecified atom stereocenters. The highest BCUT2D eigenvalue weighted by atomic mass is 32.2. The Kier molecular flexibility index (Phi) is 3.65. The molecular formula is C16H15N3O3S. The van der Waals surface area contributed by atoms with Crippen molar-refractivity contribution in [3.8, 4) is 0 Å². The minimum Gasteiger partial charge on any atom is -0.342 e. The van der Waals surface area contributed by atoms with E-state index in [2.05, 4.69) is 14.7 Å². The number of ketones is 1. The highest BCUT2D eigenvalue weighted by Gasteiger charge is 2.16. The molecule has 0 fully saturated rings. The number of imidazole rings is 1. The summed E-state index contributed by atoms with van der Waals surface area (Å²) in [7, 11) is -3.75. The molecule has 0 bridgehead atoms. The average molecular weight is 329 g/mol. The molecule has 0 radical (unpaired) electrons. The van der Waals surface area contributed by atoms with Crippen molar-refractivity contribution >= 4 is 32.5 Å². The average Bonchev–Trinajstić information content (AvgIpc) is 2.86. The number of fused-ring (bicyclic) bond motifs is 1. The van der Waals surface area contributed by atoms with Gasteiger partial charge in [-0.15, -0.1) is 0 Å². The second-order valence-electron chi connectivity index (χ2n) is 5.24. The largest absolute Gasteiger partial charge is 0.342 e. The number of aryl methyl sites for hydroxylation is 1. The van der Waals surface area contributed by atoms with Gasteiger partial charge in [-0.05, 0) is 44.2 Å². The van der Waals surface area contributed by atoms with Crippen LogP contribution in [0.4, 0.5) is 5.69 Å². The van der Waals surface area contributed by atoms with Gasteiger partial charge >= 0.3 is 0 Å². The van der Waals surface area contributed by atoms with Crippen molar-refractivity contribution in [2.24, 2.45) is 0 Å². The predicted molar refractivity (Wildman–Crippen MR) is 88.1 cm³/mol. The van der Waals surface area contributed by atoms with Gasteiger partial charge in [0.15, 0.2) is 5.78 Å². The second-order valence-corrected chi connectivity index (χ2v) is 6.93. The second kappa shape index (κ2) is 5.51. The summed E-state index contributed by atoms with van der Waals surface area (Å²) in [6, 6.07) is 11.1. The van der Waals surface area contributed by atoms with Crippen LogP contribution in [0.15, 0.2) is 47.4 Å². The first-order chi connectivity index (χ1) is 10.8. The Morgan fingerprint density at radius 1 is 1.17 bits per heavy atom. The number of nitrogens with zero attached hydrogens (tertiary/aromatic N) is 1. The van der Waals surface area contributed by atoms with Crippen LogP contribution in [0.3, 0.4) is 0 Å². The number of hydrogen-bond acceptors (Lipinski definition) is 4. The number of rotatable bonds is 4. The molecule has 0 saturated carbocycles. The Morgan fingerprint density at radius 3 is 2.70 bits per heavy atom. The number of sulfonamides is 1.